The van der Waals surface area contributed by atoms with Gasteiger partial charge in [0.2, 0.25) is 0 Å². The number of nitrogens with zero attached hydrogens (tertiary/aromatic N) is 1. The molecule has 2 aromatic rings. The maximum atomic E-state index is 12.4. The molecule has 0 saturated carbocycles. The second-order valence-corrected chi connectivity index (χ2v) is 4.45. The van der Waals surface area contributed by atoms with Crippen LogP contribution in [0, 0.1) is 0 Å². The summed E-state index contributed by atoms with van der Waals surface area (Å²) in [5, 5.41) is 0. The fraction of sp³-hybridized carbons (Fsp3) is 0.0667. The average Bonchev–Trinajstić information content (AvgIpc) is 2.70. The first-order valence-corrected chi connectivity index (χ1v) is 6.04. The fourth-order valence-corrected chi connectivity index (χ4v) is 2.25. The zero-order valence-electron chi connectivity index (χ0n) is 10.8. The van der Waals surface area contributed by atoms with Gasteiger partial charge in [0.25, 0.3) is 11.8 Å². The topological polar surface area (TPSA) is 72.6 Å². The van der Waals surface area contributed by atoms with Crippen LogP contribution in [0.1, 0.15) is 20.7 Å². The van der Waals surface area contributed by atoms with Gasteiger partial charge in [0.05, 0.1) is 23.9 Å². The number of ether oxygens (including phenoxy) is 1. The molecule has 0 saturated heterocycles. The molecule has 2 aromatic carbocycles. The zero-order valence-corrected chi connectivity index (χ0v) is 10.8. The molecule has 1 aliphatic rings. The third-order valence-electron chi connectivity index (χ3n) is 3.22. The highest BCUT2D eigenvalue weighted by molar-refractivity contribution is 6.34. The van der Waals surface area contributed by atoms with E-state index in [1.807, 2.05) is 0 Å². The Balaban J connectivity index is 2.09. The van der Waals surface area contributed by atoms with E-state index in [2.05, 4.69) is 0 Å². The number of methoxy groups -OCH3 is 1. The Bertz CT molecular complexity index is 725. The Labute approximate surface area is 115 Å². The third-order valence-corrected chi connectivity index (χ3v) is 3.22. The molecular weight excluding hydrogens is 256 g/mol. The van der Waals surface area contributed by atoms with Crippen molar-refractivity contribution in [2.45, 2.75) is 0 Å². The van der Waals surface area contributed by atoms with E-state index < -0.39 is 0 Å². The number of carbonyl (C=O) groups excluding carboxylic acids is 2. The second kappa shape index (κ2) is 4.38. The van der Waals surface area contributed by atoms with Gasteiger partial charge in [0.15, 0.2) is 0 Å². The molecule has 0 bridgehead atoms. The maximum absolute atomic E-state index is 12.4. The molecule has 0 atom stereocenters. The molecule has 20 heavy (non-hydrogen) atoms. The normalized spacial score (nSPS) is 13.6. The van der Waals surface area contributed by atoms with E-state index in [1.165, 1.54) is 7.11 Å². The van der Waals surface area contributed by atoms with Crippen LogP contribution in [-0.4, -0.2) is 18.9 Å². The van der Waals surface area contributed by atoms with Crippen molar-refractivity contribution in [1.82, 2.24) is 0 Å². The number of hydrogen-bond donors (Lipinski definition) is 1. The SMILES string of the molecule is COc1ccc2c(c1)C(=O)N(c1cccc(N)c1)C2=O. The van der Waals surface area contributed by atoms with E-state index in [0.29, 0.717) is 28.3 Å². The lowest BCUT2D eigenvalue weighted by molar-refractivity contribution is 0.0926. The Hall–Kier alpha value is -2.82. The largest absolute Gasteiger partial charge is 0.497 e. The minimum Gasteiger partial charge on any atom is -0.497 e. The van der Waals surface area contributed by atoms with Crippen molar-refractivity contribution in [2.75, 3.05) is 17.7 Å². The van der Waals surface area contributed by atoms with Crippen LogP contribution in [-0.2, 0) is 0 Å². The summed E-state index contributed by atoms with van der Waals surface area (Å²) in [7, 11) is 1.51. The van der Waals surface area contributed by atoms with Gasteiger partial charge in [-0.2, -0.15) is 0 Å². The van der Waals surface area contributed by atoms with Crippen LogP contribution in [0.25, 0.3) is 0 Å². The molecule has 1 heterocycles. The van der Waals surface area contributed by atoms with Crippen molar-refractivity contribution >= 4 is 23.2 Å². The number of nitrogen functional groups attached to an aromatic ring is 1. The van der Waals surface area contributed by atoms with Gasteiger partial charge < -0.3 is 10.5 Å². The molecule has 0 aromatic heterocycles. The first-order valence-electron chi connectivity index (χ1n) is 6.04. The lowest BCUT2D eigenvalue weighted by Crippen LogP contribution is -2.29. The smallest absolute Gasteiger partial charge is 0.266 e. The third kappa shape index (κ3) is 1.72. The van der Waals surface area contributed by atoms with Crippen LogP contribution in [0.4, 0.5) is 11.4 Å². The molecule has 5 heteroatoms. The van der Waals surface area contributed by atoms with Gasteiger partial charge in [-0.15, -0.1) is 0 Å². The van der Waals surface area contributed by atoms with Gasteiger partial charge in [-0.1, -0.05) is 6.07 Å². The summed E-state index contributed by atoms with van der Waals surface area (Å²) in [6.07, 6.45) is 0. The van der Waals surface area contributed by atoms with E-state index in [0.717, 1.165) is 4.90 Å². The van der Waals surface area contributed by atoms with E-state index in [4.69, 9.17) is 10.5 Å². The monoisotopic (exact) mass is 268 g/mol. The highest BCUT2D eigenvalue weighted by Gasteiger charge is 2.36. The van der Waals surface area contributed by atoms with Crippen molar-refractivity contribution in [3.8, 4) is 5.75 Å². The van der Waals surface area contributed by atoms with E-state index in [1.54, 1.807) is 42.5 Å². The molecular formula is C15H12N2O3. The number of imide groups is 1. The number of rotatable bonds is 2. The van der Waals surface area contributed by atoms with Crippen molar-refractivity contribution in [3.63, 3.8) is 0 Å². The van der Waals surface area contributed by atoms with Gasteiger partial charge >= 0.3 is 0 Å². The number of anilines is 2. The summed E-state index contributed by atoms with van der Waals surface area (Å²) in [5.41, 5.74) is 7.38. The Morgan fingerprint density at radius 3 is 2.45 bits per heavy atom. The summed E-state index contributed by atoms with van der Waals surface area (Å²) < 4.78 is 5.08. The molecule has 0 fully saturated rings. The molecule has 100 valence electrons. The highest BCUT2D eigenvalue weighted by Crippen LogP contribution is 2.31. The standard InChI is InChI=1S/C15H12N2O3/c1-20-11-5-6-12-13(8-11)15(19)17(14(12)18)10-4-2-3-9(16)7-10/h2-8H,16H2,1H3. The molecule has 5 nitrogen and oxygen atoms in total. The Morgan fingerprint density at radius 2 is 1.75 bits per heavy atom. The maximum Gasteiger partial charge on any atom is 0.266 e. The Kier molecular flexibility index (Phi) is 2.68. The molecule has 1 aliphatic heterocycles. The Morgan fingerprint density at radius 1 is 1.00 bits per heavy atom. The molecule has 0 spiro atoms. The highest BCUT2D eigenvalue weighted by atomic mass is 16.5. The molecule has 2 amide bonds. The number of benzene rings is 2. The number of carbonyl (C=O) groups is 2. The van der Waals surface area contributed by atoms with Crippen LogP contribution in [0.2, 0.25) is 0 Å². The number of fused-ring (bicyclic) bond motifs is 1. The van der Waals surface area contributed by atoms with Crippen LogP contribution in [0.15, 0.2) is 42.5 Å². The summed E-state index contributed by atoms with van der Waals surface area (Å²) in [6.45, 7) is 0. The molecule has 3 rings (SSSR count). The van der Waals surface area contributed by atoms with Gasteiger partial charge in [-0.3, -0.25) is 9.59 Å². The molecule has 0 unspecified atom stereocenters. The van der Waals surface area contributed by atoms with Crippen molar-refractivity contribution in [2.24, 2.45) is 0 Å². The van der Waals surface area contributed by atoms with Crippen LogP contribution >= 0.6 is 0 Å². The average molecular weight is 268 g/mol. The van der Waals surface area contributed by atoms with E-state index >= 15 is 0 Å². The predicted molar refractivity (Wildman–Crippen MR) is 75.0 cm³/mol. The van der Waals surface area contributed by atoms with E-state index in [-0.39, 0.29) is 11.8 Å². The van der Waals surface area contributed by atoms with Crippen molar-refractivity contribution in [1.29, 1.82) is 0 Å². The first-order chi connectivity index (χ1) is 9.61. The van der Waals surface area contributed by atoms with E-state index in [9.17, 15) is 9.59 Å². The molecule has 0 aliphatic carbocycles. The minimum absolute atomic E-state index is 0.344. The summed E-state index contributed by atoms with van der Waals surface area (Å²) in [4.78, 5) is 25.9. The number of hydrogen-bond acceptors (Lipinski definition) is 4. The minimum atomic E-state index is -0.366. The van der Waals surface area contributed by atoms with Crippen molar-refractivity contribution in [3.05, 3.63) is 53.6 Å². The number of nitrogens with two attached hydrogens (primary N) is 1. The number of amides is 2. The lowest BCUT2D eigenvalue weighted by Gasteiger charge is -2.14. The van der Waals surface area contributed by atoms with Gasteiger partial charge in [-0.05, 0) is 36.4 Å². The van der Waals surface area contributed by atoms with Crippen LogP contribution in [0.5, 0.6) is 5.75 Å². The van der Waals surface area contributed by atoms with Gasteiger partial charge in [0, 0.05) is 5.69 Å². The quantitative estimate of drug-likeness (QED) is 0.668. The molecule has 2 N–H and O–H groups in total. The summed E-state index contributed by atoms with van der Waals surface area (Å²) in [5.74, 6) is -0.174. The van der Waals surface area contributed by atoms with Gasteiger partial charge in [-0.25, -0.2) is 4.90 Å². The fourth-order valence-electron chi connectivity index (χ4n) is 2.25. The summed E-state index contributed by atoms with van der Waals surface area (Å²) >= 11 is 0. The van der Waals surface area contributed by atoms with Crippen LogP contribution in [0.3, 0.4) is 0 Å². The van der Waals surface area contributed by atoms with Crippen LogP contribution < -0.4 is 15.4 Å². The summed E-state index contributed by atoms with van der Waals surface area (Å²) in [6, 6.07) is 11.5. The predicted octanol–water partition coefficient (Wildman–Crippen LogP) is 2.08. The zero-order chi connectivity index (χ0) is 14.3. The lowest BCUT2D eigenvalue weighted by atomic mass is 10.1. The molecule has 0 radical (unpaired) electrons. The van der Waals surface area contributed by atoms with Gasteiger partial charge in [0.1, 0.15) is 5.75 Å². The second-order valence-electron chi connectivity index (χ2n) is 4.45. The first kappa shape index (κ1) is 12.2. The van der Waals surface area contributed by atoms with Crippen molar-refractivity contribution < 1.29 is 14.3 Å².